The van der Waals surface area contributed by atoms with Crippen LogP contribution < -0.4 is 0 Å². The van der Waals surface area contributed by atoms with Gasteiger partial charge in [-0.25, -0.2) is 0 Å². The van der Waals surface area contributed by atoms with Crippen molar-refractivity contribution in [2.24, 2.45) is 0 Å². The predicted octanol–water partition coefficient (Wildman–Crippen LogP) is 3.37. The molecule has 0 saturated carbocycles. The van der Waals surface area contributed by atoms with Crippen LogP contribution in [0.4, 0.5) is 0 Å². The van der Waals surface area contributed by atoms with E-state index in [1.54, 1.807) is 6.08 Å². The van der Waals surface area contributed by atoms with E-state index in [-0.39, 0.29) is 0 Å². The van der Waals surface area contributed by atoms with Crippen molar-refractivity contribution in [3.63, 3.8) is 0 Å². The van der Waals surface area contributed by atoms with Crippen LogP contribution in [-0.4, -0.2) is 22.4 Å². The van der Waals surface area contributed by atoms with Gasteiger partial charge in [-0.2, -0.15) is 0 Å². The topological polar surface area (TPSA) is 40.5 Å². The van der Waals surface area contributed by atoms with Crippen LogP contribution in [0.3, 0.4) is 0 Å². The molecule has 0 unspecified atom stereocenters. The van der Waals surface area contributed by atoms with Gasteiger partial charge in [0, 0.05) is 0 Å². The highest BCUT2D eigenvalue weighted by atomic mass is 16.3. The molecule has 2 nitrogen and oxygen atoms in total. The van der Waals surface area contributed by atoms with Crippen LogP contribution in [0, 0.1) is 11.8 Å². The Bertz CT molecular complexity index is 331. The molecule has 0 fully saturated rings. The molecule has 0 aliphatic carbocycles. The fourth-order valence-electron chi connectivity index (χ4n) is 1.50. The molecule has 0 amide bonds. The Morgan fingerprint density at radius 1 is 1.11 bits per heavy atom. The van der Waals surface area contributed by atoms with Crippen LogP contribution in [0.2, 0.25) is 0 Å². The van der Waals surface area contributed by atoms with Crippen LogP contribution in [-0.2, 0) is 0 Å². The summed E-state index contributed by atoms with van der Waals surface area (Å²) in [4.78, 5) is 0. The van der Waals surface area contributed by atoms with Crippen molar-refractivity contribution >= 4 is 0 Å². The average molecular weight is 262 g/mol. The maximum atomic E-state index is 9.54. The summed E-state index contributed by atoms with van der Waals surface area (Å²) >= 11 is 0. The maximum absolute atomic E-state index is 9.54. The molecule has 2 atom stereocenters. The second-order valence-corrected chi connectivity index (χ2v) is 4.45. The summed E-state index contributed by atoms with van der Waals surface area (Å²) in [6.45, 7) is 5.65. The number of hydrogen-bond acceptors (Lipinski definition) is 2. The molecule has 0 spiro atoms. The third kappa shape index (κ3) is 12.9. The average Bonchev–Trinajstić information content (AvgIpc) is 2.42. The number of rotatable bonds is 9. The number of unbranched alkanes of at least 4 members (excludes halogenated alkanes) is 5. The first-order chi connectivity index (χ1) is 9.20. The molecule has 19 heavy (non-hydrogen) atoms. The van der Waals surface area contributed by atoms with Crippen molar-refractivity contribution < 1.29 is 10.2 Å². The number of aliphatic hydroxyl groups is 2. The zero-order valence-corrected chi connectivity index (χ0v) is 11.9. The van der Waals surface area contributed by atoms with Gasteiger partial charge in [0.1, 0.15) is 6.10 Å². The highest BCUT2D eigenvalue weighted by Crippen LogP contribution is 2.05. The first kappa shape index (κ1) is 17.7. The van der Waals surface area contributed by atoms with Gasteiger partial charge in [0.15, 0.2) is 0 Å². The molecule has 0 bridgehead atoms. The quantitative estimate of drug-likeness (QED) is 0.380. The second-order valence-electron chi connectivity index (χ2n) is 4.45. The highest BCUT2D eigenvalue weighted by molar-refractivity contribution is 5.22. The zero-order chi connectivity index (χ0) is 14.3. The predicted molar refractivity (Wildman–Crippen MR) is 81.6 cm³/mol. The summed E-state index contributed by atoms with van der Waals surface area (Å²) in [5.41, 5.74) is 0. The van der Waals surface area contributed by atoms with Gasteiger partial charge in [-0.1, -0.05) is 56.6 Å². The normalized spacial score (nSPS) is 14.3. The van der Waals surface area contributed by atoms with Crippen LogP contribution in [0.15, 0.2) is 37.0 Å². The molecule has 0 radical (unpaired) electrons. The summed E-state index contributed by atoms with van der Waals surface area (Å²) in [5, 5.41) is 18.7. The van der Waals surface area contributed by atoms with Gasteiger partial charge >= 0.3 is 0 Å². The van der Waals surface area contributed by atoms with Gasteiger partial charge < -0.3 is 10.2 Å². The van der Waals surface area contributed by atoms with E-state index >= 15 is 0 Å². The van der Waals surface area contributed by atoms with Crippen LogP contribution >= 0.6 is 0 Å². The Morgan fingerprint density at radius 2 is 1.84 bits per heavy atom. The Morgan fingerprint density at radius 3 is 2.53 bits per heavy atom. The summed E-state index contributed by atoms with van der Waals surface area (Å²) in [6.07, 6.45) is 14.0. The molecule has 0 aromatic heterocycles. The van der Waals surface area contributed by atoms with Gasteiger partial charge in [-0.05, 0) is 31.1 Å². The molecule has 0 aromatic carbocycles. The zero-order valence-electron chi connectivity index (χ0n) is 11.9. The van der Waals surface area contributed by atoms with Crippen molar-refractivity contribution in [3.05, 3.63) is 37.0 Å². The minimum atomic E-state index is -0.735. The third-order valence-corrected chi connectivity index (χ3v) is 2.64. The Hall–Kier alpha value is -1.30. The number of aliphatic hydroxyl groups excluding tert-OH is 2. The molecule has 106 valence electrons. The molecular formula is C17H26O2. The second kappa shape index (κ2) is 13.1. The van der Waals surface area contributed by atoms with Crippen LogP contribution in [0.5, 0.6) is 0 Å². The van der Waals surface area contributed by atoms with E-state index in [1.807, 2.05) is 6.08 Å². The minimum Gasteiger partial charge on any atom is -0.385 e. The maximum Gasteiger partial charge on any atom is 0.133 e. The van der Waals surface area contributed by atoms with Gasteiger partial charge in [0.2, 0.25) is 0 Å². The lowest BCUT2D eigenvalue weighted by molar-refractivity contribution is 0.272. The van der Waals surface area contributed by atoms with Gasteiger partial charge in [0.05, 0.1) is 6.10 Å². The lowest BCUT2D eigenvalue weighted by Crippen LogP contribution is -1.96. The monoisotopic (exact) mass is 262 g/mol. The molecule has 2 heteroatoms. The first-order valence-electron chi connectivity index (χ1n) is 7.03. The Balaban J connectivity index is 3.73. The summed E-state index contributed by atoms with van der Waals surface area (Å²) < 4.78 is 0. The van der Waals surface area contributed by atoms with E-state index in [1.165, 1.54) is 50.3 Å². The fourth-order valence-corrected chi connectivity index (χ4v) is 1.50. The van der Waals surface area contributed by atoms with Crippen LogP contribution in [0.25, 0.3) is 0 Å². The lowest BCUT2D eigenvalue weighted by Gasteiger charge is -1.97. The highest BCUT2D eigenvalue weighted by Gasteiger charge is 1.91. The first-order valence-corrected chi connectivity index (χ1v) is 7.03. The third-order valence-electron chi connectivity index (χ3n) is 2.64. The molecule has 0 rings (SSSR count). The molecule has 0 saturated heterocycles. The molecule has 0 aromatic rings. The van der Waals surface area contributed by atoms with Gasteiger partial charge in [0.25, 0.3) is 0 Å². The van der Waals surface area contributed by atoms with Gasteiger partial charge in [-0.3, -0.25) is 0 Å². The summed E-state index contributed by atoms with van der Waals surface area (Å²) in [5.74, 6) is 5.34. The van der Waals surface area contributed by atoms with E-state index in [2.05, 4.69) is 25.3 Å². The Kier molecular flexibility index (Phi) is 12.2. The molecule has 2 N–H and O–H groups in total. The SMILES string of the molecule is C=C[C@@H](O)/C=C/C#C[C@@H](O)/C=C\CCCCCCC. The molecule has 0 heterocycles. The van der Waals surface area contributed by atoms with E-state index < -0.39 is 12.2 Å². The fraction of sp³-hybridized carbons (Fsp3) is 0.529. The van der Waals surface area contributed by atoms with Crippen molar-refractivity contribution in [1.82, 2.24) is 0 Å². The van der Waals surface area contributed by atoms with Crippen molar-refractivity contribution in [1.29, 1.82) is 0 Å². The Labute approximate surface area is 117 Å². The van der Waals surface area contributed by atoms with E-state index in [4.69, 9.17) is 5.11 Å². The molecular weight excluding hydrogens is 236 g/mol. The van der Waals surface area contributed by atoms with Crippen molar-refractivity contribution in [2.45, 2.75) is 57.7 Å². The van der Waals surface area contributed by atoms with E-state index in [9.17, 15) is 5.11 Å². The van der Waals surface area contributed by atoms with Crippen LogP contribution in [0.1, 0.15) is 45.4 Å². The number of hydrogen-bond donors (Lipinski definition) is 2. The number of allylic oxidation sites excluding steroid dienone is 2. The minimum absolute atomic E-state index is 0.676. The summed E-state index contributed by atoms with van der Waals surface area (Å²) in [7, 11) is 0. The largest absolute Gasteiger partial charge is 0.385 e. The smallest absolute Gasteiger partial charge is 0.133 e. The van der Waals surface area contributed by atoms with Crippen molar-refractivity contribution in [2.75, 3.05) is 0 Å². The van der Waals surface area contributed by atoms with E-state index in [0.717, 1.165) is 6.42 Å². The standard InChI is InChI=1S/C17H26O2/c1-3-5-6-7-8-9-10-14-17(19)15-12-11-13-16(18)4-2/h4,10-11,13-14,16-19H,2-3,5-9H2,1H3/b13-11+,14-10-/t16-,17+/m1/s1. The molecule has 0 aliphatic rings. The van der Waals surface area contributed by atoms with E-state index in [0.29, 0.717) is 0 Å². The summed E-state index contributed by atoms with van der Waals surface area (Å²) in [6, 6.07) is 0. The lowest BCUT2D eigenvalue weighted by atomic mass is 10.1. The molecule has 0 aliphatic heterocycles. The van der Waals surface area contributed by atoms with Crippen molar-refractivity contribution in [3.8, 4) is 11.8 Å². The van der Waals surface area contributed by atoms with Gasteiger partial charge in [-0.15, -0.1) is 6.58 Å².